The molecule has 0 N–H and O–H groups in total. The van der Waals surface area contributed by atoms with Crippen molar-refractivity contribution >= 4 is 11.8 Å². The summed E-state index contributed by atoms with van der Waals surface area (Å²) in [5.41, 5.74) is 1.77. The second-order valence-electron chi connectivity index (χ2n) is 8.90. The van der Waals surface area contributed by atoms with Crippen LogP contribution in [-0.2, 0) is 11.2 Å². The molecular weight excluding hydrogens is 410 g/mol. The number of nitro groups is 1. The van der Waals surface area contributed by atoms with Gasteiger partial charge in [-0.1, -0.05) is 24.3 Å². The van der Waals surface area contributed by atoms with E-state index in [9.17, 15) is 14.9 Å². The molecule has 0 unspecified atom stereocenters. The van der Waals surface area contributed by atoms with E-state index in [2.05, 4.69) is 4.90 Å². The van der Waals surface area contributed by atoms with E-state index in [4.69, 9.17) is 9.47 Å². The minimum Gasteiger partial charge on any atom is -0.492 e. The van der Waals surface area contributed by atoms with Crippen LogP contribution in [0, 0.1) is 10.1 Å². The van der Waals surface area contributed by atoms with Crippen LogP contribution in [-0.4, -0.2) is 65.7 Å². The maximum atomic E-state index is 12.1. The summed E-state index contributed by atoms with van der Waals surface area (Å²) in [6.07, 6.45) is 0.461. The first-order valence-electron chi connectivity index (χ1n) is 10.8. The number of nitrogens with zero attached hydrogens (tertiary/aromatic N) is 3. The molecule has 0 aromatic heterocycles. The smallest absolute Gasteiger partial charge is 0.410 e. The highest BCUT2D eigenvalue weighted by atomic mass is 16.6. The van der Waals surface area contributed by atoms with Crippen LogP contribution in [0.5, 0.6) is 5.75 Å². The monoisotopic (exact) mass is 441 g/mol. The normalized spacial score (nSPS) is 14.8. The molecule has 1 aliphatic rings. The van der Waals surface area contributed by atoms with Crippen molar-refractivity contribution in [3.8, 4) is 5.75 Å². The molecule has 2 aromatic rings. The number of non-ortho nitro benzene ring substituents is 1. The van der Waals surface area contributed by atoms with Crippen LogP contribution in [0.15, 0.2) is 48.5 Å². The molecule has 0 atom stereocenters. The molecule has 0 bridgehead atoms. The molecule has 32 heavy (non-hydrogen) atoms. The Morgan fingerprint density at radius 3 is 2.06 bits per heavy atom. The first kappa shape index (κ1) is 23.5. The van der Waals surface area contributed by atoms with Gasteiger partial charge in [-0.15, -0.1) is 0 Å². The molecule has 1 amide bonds. The van der Waals surface area contributed by atoms with Crippen LogP contribution in [0.2, 0.25) is 0 Å². The van der Waals surface area contributed by atoms with Gasteiger partial charge in [-0.25, -0.2) is 4.79 Å². The molecule has 1 heterocycles. The lowest BCUT2D eigenvalue weighted by Crippen LogP contribution is -2.50. The standard InChI is InChI=1S/C24H31N3O5/c1-24(2,3)32-23(28)26-14-12-25(13-15-26)16-17-31-22-10-6-20(7-11-22)18-19-4-8-21(9-5-19)27(29)30/h4-11H,12-18H2,1-3H3. The van der Waals surface area contributed by atoms with Gasteiger partial charge in [0.05, 0.1) is 4.92 Å². The predicted molar refractivity (Wildman–Crippen MR) is 122 cm³/mol. The van der Waals surface area contributed by atoms with Gasteiger partial charge < -0.3 is 14.4 Å². The van der Waals surface area contributed by atoms with Gasteiger partial charge >= 0.3 is 6.09 Å². The molecular formula is C24H31N3O5. The van der Waals surface area contributed by atoms with E-state index in [1.54, 1.807) is 17.0 Å². The third-order valence-corrected chi connectivity index (χ3v) is 5.18. The maximum Gasteiger partial charge on any atom is 0.410 e. The van der Waals surface area contributed by atoms with Crippen molar-refractivity contribution in [1.29, 1.82) is 0 Å². The van der Waals surface area contributed by atoms with Crippen molar-refractivity contribution in [1.82, 2.24) is 9.80 Å². The van der Waals surface area contributed by atoms with E-state index in [1.165, 1.54) is 12.1 Å². The largest absolute Gasteiger partial charge is 0.492 e. The van der Waals surface area contributed by atoms with Crippen LogP contribution in [0.1, 0.15) is 31.9 Å². The molecule has 0 radical (unpaired) electrons. The number of ether oxygens (including phenoxy) is 2. The Bertz CT molecular complexity index is 899. The second kappa shape index (κ2) is 10.5. The van der Waals surface area contributed by atoms with Gasteiger partial charge in [0.25, 0.3) is 5.69 Å². The number of piperazine rings is 1. The lowest BCUT2D eigenvalue weighted by molar-refractivity contribution is -0.384. The van der Waals surface area contributed by atoms with Gasteiger partial charge in [0.1, 0.15) is 18.0 Å². The predicted octanol–water partition coefficient (Wildman–Crippen LogP) is 4.12. The minimum atomic E-state index is -0.473. The molecule has 0 saturated carbocycles. The Kier molecular flexibility index (Phi) is 7.69. The van der Waals surface area contributed by atoms with Crippen LogP contribution in [0.3, 0.4) is 0 Å². The van der Waals surface area contributed by atoms with E-state index in [1.807, 2.05) is 45.0 Å². The Labute approximate surface area is 188 Å². The molecule has 1 fully saturated rings. The van der Waals surface area contributed by atoms with Crippen molar-refractivity contribution < 1.29 is 19.2 Å². The Hall–Kier alpha value is -3.13. The van der Waals surface area contributed by atoms with Gasteiger partial charge in [0, 0.05) is 44.9 Å². The van der Waals surface area contributed by atoms with Crippen molar-refractivity contribution in [3.63, 3.8) is 0 Å². The van der Waals surface area contributed by atoms with Crippen LogP contribution in [0.25, 0.3) is 0 Å². The molecule has 8 nitrogen and oxygen atoms in total. The topological polar surface area (TPSA) is 85.2 Å². The molecule has 0 spiro atoms. The number of hydrogen-bond acceptors (Lipinski definition) is 6. The minimum absolute atomic E-state index is 0.101. The summed E-state index contributed by atoms with van der Waals surface area (Å²) in [6.45, 7) is 9.93. The first-order chi connectivity index (χ1) is 15.2. The third-order valence-electron chi connectivity index (χ3n) is 5.18. The van der Waals surface area contributed by atoms with E-state index in [-0.39, 0.29) is 11.8 Å². The van der Waals surface area contributed by atoms with Crippen molar-refractivity contribution in [2.75, 3.05) is 39.3 Å². The zero-order valence-electron chi connectivity index (χ0n) is 19.0. The highest BCUT2D eigenvalue weighted by molar-refractivity contribution is 5.68. The average molecular weight is 442 g/mol. The fraction of sp³-hybridized carbons (Fsp3) is 0.458. The summed E-state index contributed by atoms with van der Waals surface area (Å²) < 4.78 is 11.3. The maximum absolute atomic E-state index is 12.1. The molecule has 1 aliphatic heterocycles. The SMILES string of the molecule is CC(C)(C)OC(=O)N1CCN(CCOc2ccc(Cc3ccc([N+](=O)[O-])cc3)cc2)CC1. The summed E-state index contributed by atoms with van der Waals surface area (Å²) in [4.78, 5) is 26.5. The first-order valence-corrected chi connectivity index (χ1v) is 10.8. The number of benzene rings is 2. The van der Waals surface area contributed by atoms with Crippen molar-refractivity contribution in [2.45, 2.75) is 32.8 Å². The summed E-state index contributed by atoms with van der Waals surface area (Å²) in [6, 6.07) is 14.5. The van der Waals surface area contributed by atoms with Gasteiger partial charge in [-0.05, 0) is 50.5 Å². The summed E-state index contributed by atoms with van der Waals surface area (Å²) in [5, 5.41) is 10.8. The number of carbonyl (C=O) groups excluding carboxylic acids is 1. The van der Waals surface area contributed by atoms with Crippen molar-refractivity contribution in [2.24, 2.45) is 0 Å². The molecule has 2 aromatic carbocycles. The average Bonchev–Trinajstić information content (AvgIpc) is 2.74. The number of hydrogen-bond donors (Lipinski definition) is 0. The lowest BCUT2D eigenvalue weighted by Gasteiger charge is -2.35. The van der Waals surface area contributed by atoms with Crippen LogP contribution in [0.4, 0.5) is 10.5 Å². The molecule has 172 valence electrons. The number of rotatable bonds is 7. The fourth-order valence-electron chi connectivity index (χ4n) is 3.45. The van der Waals surface area contributed by atoms with E-state index in [0.29, 0.717) is 26.1 Å². The number of nitro benzene ring substituents is 1. The Morgan fingerprint density at radius 1 is 0.969 bits per heavy atom. The molecule has 3 rings (SSSR count). The van der Waals surface area contributed by atoms with Gasteiger partial charge in [-0.2, -0.15) is 0 Å². The van der Waals surface area contributed by atoms with Crippen LogP contribution < -0.4 is 4.74 Å². The summed E-state index contributed by atoms with van der Waals surface area (Å²) >= 11 is 0. The zero-order chi connectivity index (χ0) is 23.1. The van der Waals surface area contributed by atoms with Crippen LogP contribution >= 0.6 is 0 Å². The summed E-state index contributed by atoms with van der Waals surface area (Å²) in [5.74, 6) is 0.810. The van der Waals surface area contributed by atoms with E-state index >= 15 is 0 Å². The van der Waals surface area contributed by atoms with Gasteiger partial charge in [0.2, 0.25) is 0 Å². The number of carbonyl (C=O) groups is 1. The highest BCUT2D eigenvalue weighted by Crippen LogP contribution is 2.18. The van der Waals surface area contributed by atoms with Gasteiger partial charge in [-0.3, -0.25) is 15.0 Å². The fourth-order valence-corrected chi connectivity index (χ4v) is 3.45. The molecule has 1 saturated heterocycles. The Morgan fingerprint density at radius 2 is 1.53 bits per heavy atom. The molecule has 8 heteroatoms. The quantitative estimate of drug-likeness (QED) is 0.475. The lowest BCUT2D eigenvalue weighted by atomic mass is 10.0. The summed E-state index contributed by atoms with van der Waals surface area (Å²) in [7, 11) is 0. The van der Waals surface area contributed by atoms with Crippen molar-refractivity contribution in [3.05, 3.63) is 69.8 Å². The second-order valence-corrected chi connectivity index (χ2v) is 8.90. The third kappa shape index (κ3) is 7.23. The number of amides is 1. The van der Waals surface area contributed by atoms with Gasteiger partial charge in [0.15, 0.2) is 0 Å². The molecule has 0 aliphatic carbocycles. The Balaban J connectivity index is 1.38. The zero-order valence-corrected chi connectivity index (χ0v) is 19.0. The van der Waals surface area contributed by atoms with E-state index in [0.717, 1.165) is 36.5 Å². The highest BCUT2D eigenvalue weighted by Gasteiger charge is 2.25. The van der Waals surface area contributed by atoms with E-state index < -0.39 is 10.5 Å².